The number of carbonyl (C=O) groups is 2. The number of alkyl halides is 2. The lowest BCUT2D eigenvalue weighted by Gasteiger charge is -2.14. The third-order valence-corrected chi connectivity index (χ3v) is 4.82. The summed E-state index contributed by atoms with van der Waals surface area (Å²) in [6.45, 7) is 0.223. The Hall–Kier alpha value is -4.28. The number of amides is 2. The topological polar surface area (TPSA) is 92.8 Å². The van der Waals surface area contributed by atoms with Gasteiger partial charge in [-0.3, -0.25) is 14.6 Å². The Bertz CT molecular complexity index is 1270. The van der Waals surface area contributed by atoms with Gasteiger partial charge in [-0.2, -0.15) is 0 Å². The fourth-order valence-electron chi connectivity index (χ4n) is 3.21. The molecule has 1 aliphatic rings. The second kappa shape index (κ2) is 8.93. The van der Waals surface area contributed by atoms with Crippen LogP contribution < -0.4 is 20.1 Å². The van der Waals surface area contributed by atoms with Crippen LogP contribution in [0.5, 0.6) is 11.5 Å². The molecule has 2 amide bonds. The lowest BCUT2D eigenvalue weighted by Crippen LogP contribution is -2.25. The minimum Gasteiger partial charge on any atom is -0.395 e. The quantitative estimate of drug-likeness (QED) is 0.561. The molecular formula is C23H19F3N4O4. The molecule has 1 aromatic heterocycles. The predicted molar refractivity (Wildman–Crippen MR) is 117 cm³/mol. The molecule has 0 atom stereocenters. The first-order valence-corrected chi connectivity index (χ1v) is 10.0. The molecule has 1 aliphatic heterocycles. The monoisotopic (exact) mass is 472 g/mol. The van der Waals surface area contributed by atoms with Gasteiger partial charge < -0.3 is 25.0 Å². The molecule has 0 bridgehead atoms. The zero-order chi connectivity index (χ0) is 24.5. The normalized spacial score (nSPS) is 13.3. The molecule has 0 spiro atoms. The molecule has 4 rings (SSSR count). The summed E-state index contributed by atoms with van der Waals surface area (Å²) in [5.74, 6) is -1.97. The van der Waals surface area contributed by atoms with Gasteiger partial charge in [-0.25, -0.2) is 4.39 Å². The first kappa shape index (κ1) is 22.9. The van der Waals surface area contributed by atoms with Crippen molar-refractivity contribution >= 4 is 23.2 Å². The number of aromatic nitrogens is 1. The Morgan fingerprint density at radius 2 is 1.79 bits per heavy atom. The lowest BCUT2D eigenvalue weighted by atomic mass is 10.1. The standard InChI is InChI=1S/C23H19F3N4O4/c1-30(2)22(32)18-9-13(7-8-27-18)12-28-17-5-3-14(24)10-16(17)21(31)29-15-4-6-19-20(11-15)34-23(25,26)33-19/h3-11,28H,12H2,1-2H3,(H,29,31). The van der Waals surface area contributed by atoms with Crippen LogP contribution in [0.25, 0.3) is 0 Å². The molecule has 3 aromatic rings. The maximum atomic E-state index is 13.9. The first-order valence-electron chi connectivity index (χ1n) is 10.0. The summed E-state index contributed by atoms with van der Waals surface area (Å²) in [7, 11) is 3.23. The molecule has 34 heavy (non-hydrogen) atoms. The van der Waals surface area contributed by atoms with Gasteiger partial charge in [0.1, 0.15) is 11.5 Å². The SMILES string of the molecule is CN(C)C(=O)c1cc(CNc2ccc(F)cc2C(=O)Nc2ccc3c(c2)OC(F)(F)O3)ccn1. The molecule has 2 N–H and O–H groups in total. The van der Waals surface area contributed by atoms with Crippen molar-refractivity contribution in [3.63, 3.8) is 0 Å². The van der Waals surface area contributed by atoms with E-state index in [1.165, 1.54) is 41.4 Å². The highest BCUT2D eigenvalue weighted by atomic mass is 19.3. The summed E-state index contributed by atoms with van der Waals surface area (Å²) in [5, 5.41) is 5.58. The highest BCUT2D eigenvalue weighted by Crippen LogP contribution is 2.42. The number of fused-ring (bicyclic) bond motifs is 1. The van der Waals surface area contributed by atoms with E-state index in [-0.39, 0.29) is 40.9 Å². The molecule has 0 aliphatic carbocycles. The summed E-state index contributed by atoms with van der Waals surface area (Å²) < 4.78 is 49.1. The van der Waals surface area contributed by atoms with Crippen molar-refractivity contribution in [3.8, 4) is 11.5 Å². The van der Waals surface area contributed by atoms with Crippen LogP contribution in [0.2, 0.25) is 0 Å². The van der Waals surface area contributed by atoms with Crippen molar-refractivity contribution < 1.29 is 32.2 Å². The zero-order valence-corrected chi connectivity index (χ0v) is 18.1. The summed E-state index contributed by atoms with van der Waals surface area (Å²) in [6, 6.07) is 10.7. The van der Waals surface area contributed by atoms with E-state index in [4.69, 9.17) is 0 Å². The number of benzene rings is 2. The number of pyridine rings is 1. The first-order chi connectivity index (χ1) is 16.1. The zero-order valence-electron chi connectivity index (χ0n) is 18.1. The van der Waals surface area contributed by atoms with Crippen molar-refractivity contribution in [1.29, 1.82) is 0 Å². The molecule has 0 unspecified atom stereocenters. The summed E-state index contributed by atoms with van der Waals surface area (Å²) in [6.07, 6.45) is -2.29. The van der Waals surface area contributed by atoms with Crippen LogP contribution in [-0.4, -0.2) is 42.1 Å². The Morgan fingerprint density at radius 3 is 2.56 bits per heavy atom. The summed E-state index contributed by atoms with van der Waals surface area (Å²) in [4.78, 5) is 30.4. The predicted octanol–water partition coefficient (Wildman–Crippen LogP) is 4.11. The molecule has 176 valence electrons. The minimum absolute atomic E-state index is 0.0124. The van der Waals surface area contributed by atoms with Crippen LogP contribution in [0.1, 0.15) is 26.4 Å². The number of anilines is 2. The maximum absolute atomic E-state index is 13.9. The summed E-state index contributed by atoms with van der Waals surface area (Å²) in [5.41, 5.74) is 1.44. The molecule has 0 saturated carbocycles. The van der Waals surface area contributed by atoms with Gasteiger partial charge in [-0.15, -0.1) is 8.78 Å². The van der Waals surface area contributed by atoms with Gasteiger partial charge in [0.25, 0.3) is 11.8 Å². The van der Waals surface area contributed by atoms with E-state index in [9.17, 15) is 22.8 Å². The Labute approximate surface area is 192 Å². The number of hydrogen-bond acceptors (Lipinski definition) is 6. The van der Waals surface area contributed by atoms with Gasteiger partial charge >= 0.3 is 6.29 Å². The Morgan fingerprint density at radius 1 is 1.03 bits per heavy atom. The van der Waals surface area contributed by atoms with Crippen LogP contribution in [0, 0.1) is 5.82 Å². The third-order valence-electron chi connectivity index (χ3n) is 4.82. The summed E-state index contributed by atoms with van der Waals surface area (Å²) >= 11 is 0. The fourth-order valence-corrected chi connectivity index (χ4v) is 3.21. The van der Waals surface area contributed by atoms with Gasteiger partial charge in [-0.05, 0) is 48.0 Å². The van der Waals surface area contributed by atoms with Gasteiger partial charge in [0.15, 0.2) is 11.5 Å². The van der Waals surface area contributed by atoms with Crippen molar-refractivity contribution in [3.05, 3.63) is 77.4 Å². The van der Waals surface area contributed by atoms with E-state index < -0.39 is 18.0 Å². The van der Waals surface area contributed by atoms with Gasteiger partial charge in [0, 0.05) is 44.3 Å². The second-order valence-electron chi connectivity index (χ2n) is 7.58. The van der Waals surface area contributed by atoms with Crippen molar-refractivity contribution in [2.45, 2.75) is 12.8 Å². The molecule has 8 nitrogen and oxygen atoms in total. The van der Waals surface area contributed by atoms with Crippen LogP contribution in [0.3, 0.4) is 0 Å². The molecular weight excluding hydrogens is 453 g/mol. The van der Waals surface area contributed by atoms with E-state index in [2.05, 4.69) is 25.1 Å². The second-order valence-corrected chi connectivity index (χ2v) is 7.58. The number of nitrogens with one attached hydrogen (secondary N) is 2. The minimum atomic E-state index is -3.78. The van der Waals surface area contributed by atoms with Gasteiger partial charge in [0.05, 0.1) is 5.56 Å². The molecule has 0 fully saturated rings. The molecule has 2 aromatic carbocycles. The van der Waals surface area contributed by atoms with Crippen molar-refractivity contribution in [2.24, 2.45) is 0 Å². The number of nitrogens with zero attached hydrogens (tertiary/aromatic N) is 2. The average molecular weight is 472 g/mol. The maximum Gasteiger partial charge on any atom is 0.586 e. The van der Waals surface area contributed by atoms with Crippen molar-refractivity contribution in [1.82, 2.24) is 9.88 Å². The number of halogens is 3. The molecule has 11 heteroatoms. The largest absolute Gasteiger partial charge is 0.586 e. The molecule has 0 saturated heterocycles. The van der Waals surface area contributed by atoms with E-state index in [0.29, 0.717) is 11.3 Å². The van der Waals surface area contributed by atoms with E-state index >= 15 is 0 Å². The number of ether oxygens (including phenoxy) is 2. The van der Waals surface area contributed by atoms with Gasteiger partial charge in [-0.1, -0.05) is 0 Å². The highest BCUT2D eigenvalue weighted by molar-refractivity contribution is 6.08. The number of hydrogen-bond donors (Lipinski definition) is 2. The Balaban J connectivity index is 1.50. The fraction of sp³-hybridized carbons (Fsp3) is 0.174. The van der Waals surface area contributed by atoms with Crippen LogP contribution in [0.4, 0.5) is 24.5 Å². The van der Waals surface area contributed by atoms with Crippen LogP contribution in [0.15, 0.2) is 54.7 Å². The Kier molecular flexibility index (Phi) is 6.01. The van der Waals surface area contributed by atoms with Crippen LogP contribution >= 0.6 is 0 Å². The van der Waals surface area contributed by atoms with Gasteiger partial charge in [0.2, 0.25) is 0 Å². The number of carbonyl (C=O) groups excluding carboxylic acids is 2. The smallest absolute Gasteiger partial charge is 0.395 e. The molecule has 0 radical (unpaired) electrons. The van der Waals surface area contributed by atoms with E-state index in [1.807, 2.05) is 0 Å². The third kappa shape index (κ3) is 5.03. The molecule has 2 heterocycles. The van der Waals surface area contributed by atoms with E-state index in [1.54, 1.807) is 26.2 Å². The number of rotatable bonds is 6. The van der Waals surface area contributed by atoms with E-state index in [0.717, 1.165) is 6.07 Å². The van der Waals surface area contributed by atoms with Crippen molar-refractivity contribution in [2.75, 3.05) is 24.7 Å². The average Bonchev–Trinajstić information content (AvgIpc) is 3.10. The lowest BCUT2D eigenvalue weighted by molar-refractivity contribution is -0.286. The highest BCUT2D eigenvalue weighted by Gasteiger charge is 2.43. The van der Waals surface area contributed by atoms with Crippen LogP contribution in [-0.2, 0) is 6.54 Å².